The molecule has 1 fully saturated rings. The lowest BCUT2D eigenvalue weighted by atomic mass is 10.2. The molecular weight excluding hydrogens is 236 g/mol. The van der Waals surface area contributed by atoms with Crippen molar-refractivity contribution in [2.45, 2.75) is 19.4 Å². The van der Waals surface area contributed by atoms with E-state index in [1.54, 1.807) is 6.92 Å². The summed E-state index contributed by atoms with van der Waals surface area (Å²) >= 11 is 0. The zero-order valence-corrected chi connectivity index (χ0v) is 10.2. The van der Waals surface area contributed by atoms with Crippen molar-refractivity contribution in [3.05, 3.63) is 17.8 Å². The highest BCUT2D eigenvalue weighted by molar-refractivity contribution is 5.92. The van der Waals surface area contributed by atoms with Crippen LogP contribution in [0, 0.1) is 0 Å². The van der Waals surface area contributed by atoms with E-state index in [1.807, 2.05) is 0 Å². The van der Waals surface area contributed by atoms with E-state index in [2.05, 4.69) is 4.98 Å². The zero-order valence-electron chi connectivity index (χ0n) is 10.2. The molecule has 1 aromatic heterocycles. The molecule has 2 heterocycles. The van der Waals surface area contributed by atoms with Gasteiger partial charge in [0.05, 0.1) is 31.7 Å². The number of ether oxygens (including phenoxy) is 3. The Kier molecular flexibility index (Phi) is 3.99. The van der Waals surface area contributed by atoms with Gasteiger partial charge in [-0.15, -0.1) is 0 Å². The summed E-state index contributed by atoms with van der Waals surface area (Å²) in [5, 5.41) is 0. The molecule has 18 heavy (non-hydrogen) atoms. The highest BCUT2D eigenvalue weighted by Gasteiger charge is 2.22. The van der Waals surface area contributed by atoms with E-state index in [4.69, 9.17) is 19.9 Å². The average molecular weight is 252 g/mol. The van der Waals surface area contributed by atoms with E-state index in [-0.39, 0.29) is 17.5 Å². The van der Waals surface area contributed by atoms with Gasteiger partial charge in [0, 0.05) is 6.42 Å². The van der Waals surface area contributed by atoms with Crippen LogP contribution in [0.15, 0.2) is 12.3 Å². The van der Waals surface area contributed by atoms with Gasteiger partial charge >= 0.3 is 5.97 Å². The predicted molar refractivity (Wildman–Crippen MR) is 64.5 cm³/mol. The maximum atomic E-state index is 11.8. The first-order valence-electron chi connectivity index (χ1n) is 5.87. The van der Waals surface area contributed by atoms with Gasteiger partial charge in [0.2, 0.25) is 5.88 Å². The van der Waals surface area contributed by atoms with E-state index in [9.17, 15) is 4.79 Å². The van der Waals surface area contributed by atoms with E-state index in [0.29, 0.717) is 25.5 Å². The van der Waals surface area contributed by atoms with Gasteiger partial charge in [-0.1, -0.05) is 0 Å². The van der Waals surface area contributed by atoms with Gasteiger partial charge in [-0.25, -0.2) is 9.78 Å². The first-order valence-corrected chi connectivity index (χ1v) is 5.87. The third-order valence-corrected chi connectivity index (χ3v) is 2.53. The topological polar surface area (TPSA) is 83.7 Å². The van der Waals surface area contributed by atoms with Gasteiger partial charge in [-0.2, -0.15) is 0 Å². The molecule has 1 aliphatic heterocycles. The van der Waals surface area contributed by atoms with E-state index in [0.717, 1.165) is 6.42 Å². The number of hydrogen-bond donors (Lipinski definition) is 1. The highest BCUT2D eigenvalue weighted by Crippen LogP contribution is 2.22. The van der Waals surface area contributed by atoms with Crippen molar-refractivity contribution >= 4 is 11.7 Å². The van der Waals surface area contributed by atoms with Gasteiger partial charge in [-0.05, 0) is 13.0 Å². The van der Waals surface area contributed by atoms with Crippen LogP contribution in [0.4, 0.5) is 5.69 Å². The maximum absolute atomic E-state index is 11.8. The minimum Gasteiger partial charge on any atom is -0.471 e. The Labute approximate surface area is 105 Å². The van der Waals surface area contributed by atoms with E-state index < -0.39 is 5.97 Å². The summed E-state index contributed by atoms with van der Waals surface area (Å²) in [5.41, 5.74) is 6.27. The van der Waals surface area contributed by atoms with Gasteiger partial charge in [0.15, 0.2) is 0 Å². The third-order valence-electron chi connectivity index (χ3n) is 2.53. The zero-order chi connectivity index (χ0) is 13.0. The second kappa shape index (κ2) is 5.68. The number of hydrogen-bond acceptors (Lipinski definition) is 6. The summed E-state index contributed by atoms with van der Waals surface area (Å²) in [6.45, 7) is 3.20. The first kappa shape index (κ1) is 12.6. The molecule has 0 aromatic carbocycles. The normalized spacial score (nSPS) is 18.6. The Morgan fingerprint density at radius 1 is 1.67 bits per heavy atom. The molecule has 2 rings (SSSR count). The van der Waals surface area contributed by atoms with Crippen molar-refractivity contribution in [2.75, 3.05) is 25.6 Å². The number of nitrogens with two attached hydrogens (primary N) is 1. The van der Waals surface area contributed by atoms with Crippen molar-refractivity contribution < 1.29 is 19.0 Å². The van der Waals surface area contributed by atoms with Crippen molar-refractivity contribution in [2.24, 2.45) is 0 Å². The molecule has 0 radical (unpaired) electrons. The fraction of sp³-hybridized carbons (Fsp3) is 0.500. The SMILES string of the molecule is CCOC(=O)c1cc(N)cnc1OC1CCOC1. The Morgan fingerprint density at radius 2 is 2.50 bits per heavy atom. The second-order valence-corrected chi connectivity index (χ2v) is 3.95. The Morgan fingerprint density at radius 3 is 3.17 bits per heavy atom. The molecule has 0 aliphatic carbocycles. The van der Waals surface area contributed by atoms with Gasteiger partial charge < -0.3 is 19.9 Å². The molecule has 6 nitrogen and oxygen atoms in total. The summed E-state index contributed by atoms with van der Waals surface area (Å²) < 4.78 is 15.8. The first-order chi connectivity index (χ1) is 8.70. The van der Waals surface area contributed by atoms with Crippen LogP contribution < -0.4 is 10.5 Å². The summed E-state index contributed by atoms with van der Waals surface area (Å²) in [7, 11) is 0. The molecule has 1 aliphatic rings. The monoisotopic (exact) mass is 252 g/mol. The molecule has 1 aromatic rings. The van der Waals surface area contributed by atoms with Crippen LogP contribution in [-0.4, -0.2) is 36.9 Å². The fourth-order valence-corrected chi connectivity index (χ4v) is 1.68. The summed E-state index contributed by atoms with van der Waals surface area (Å²) in [6, 6.07) is 1.51. The highest BCUT2D eigenvalue weighted by atomic mass is 16.6. The maximum Gasteiger partial charge on any atom is 0.343 e. The van der Waals surface area contributed by atoms with E-state index in [1.165, 1.54) is 12.3 Å². The smallest absolute Gasteiger partial charge is 0.343 e. The van der Waals surface area contributed by atoms with Gasteiger partial charge in [0.1, 0.15) is 11.7 Å². The largest absolute Gasteiger partial charge is 0.471 e. The van der Waals surface area contributed by atoms with Gasteiger partial charge in [0.25, 0.3) is 0 Å². The van der Waals surface area contributed by atoms with Gasteiger partial charge in [-0.3, -0.25) is 0 Å². The molecule has 98 valence electrons. The molecule has 6 heteroatoms. The van der Waals surface area contributed by atoms with Crippen molar-refractivity contribution in [1.29, 1.82) is 0 Å². The molecule has 2 N–H and O–H groups in total. The minimum absolute atomic E-state index is 0.0747. The number of carbonyl (C=O) groups excluding carboxylic acids is 1. The quantitative estimate of drug-likeness (QED) is 0.805. The second-order valence-electron chi connectivity index (χ2n) is 3.95. The molecule has 1 atom stereocenters. The Hall–Kier alpha value is -1.82. The third kappa shape index (κ3) is 2.89. The number of esters is 1. The predicted octanol–water partition coefficient (Wildman–Crippen LogP) is 1.01. The van der Waals surface area contributed by atoms with Crippen LogP contribution in [-0.2, 0) is 9.47 Å². The summed E-state index contributed by atoms with van der Waals surface area (Å²) in [5.74, 6) is -0.232. The molecule has 1 saturated heterocycles. The molecule has 1 unspecified atom stereocenters. The Balaban J connectivity index is 2.19. The van der Waals surface area contributed by atoms with Crippen LogP contribution in [0.25, 0.3) is 0 Å². The number of rotatable bonds is 4. The number of carbonyl (C=O) groups is 1. The number of pyridine rings is 1. The van der Waals surface area contributed by atoms with Crippen molar-refractivity contribution in [3.63, 3.8) is 0 Å². The number of nitrogens with zero attached hydrogens (tertiary/aromatic N) is 1. The lowest BCUT2D eigenvalue weighted by Crippen LogP contribution is -2.19. The number of anilines is 1. The molecular formula is C12H16N2O4. The van der Waals surface area contributed by atoms with E-state index >= 15 is 0 Å². The van der Waals surface area contributed by atoms with Crippen LogP contribution in [0.2, 0.25) is 0 Å². The van der Waals surface area contributed by atoms with Crippen molar-refractivity contribution in [3.8, 4) is 5.88 Å². The molecule has 0 amide bonds. The van der Waals surface area contributed by atoms with Crippen LogP contribution in [0.3, 0.4) is 0 Å². The van der Waals surface area contributed by atoms with Crippen LogP contribution in [0.1, 0.15) is 23.7 Å². The standard InChI is InChI=1S/C12H16N2O4/c1-2-17-12(15)10-5-8(13)6-14-11(10)18-9-3-4-16-7-9/h5-6,9H,2-4,7,13H2,1H3. The molecule has 0 saturated carbocycles. The van der Waals surface area contributed by atoms with Crippen molar-refractivity contribution in [1.82, 2.24) is 4.98 Å². The number of nitrogen functional groups attached to an aromatic ring is 1. The summed E-state index contributed by atoms with van der Waals surface area (Å²) in [4.78, 5) is 15.8. The molecule has 0 spiro atoms. The minimum atomic E-state index is -0.480. The van der Waals surface area contributed by atoms with Crippen LogP contribution >= 0.6 is 0 Å². The van der Waals surface area contributed by atoms with Crippen LogP contribution in [0.5, 0.6) is 5.88 Å². The fourth-order valence-electron chi connectivity index (χ4n) is 1.68. The molecule has 0 bridgehead atoms. The summed E-state index contributed by atoms with van der Waals surface area (Å²) in [6.07, 6.45) is 2.16. The number of aromatic nitrogens is 1. The Bertz CT molecular complexity index is 430. The lowest BCUT2D eigenvalue weighted by Gasteiger charge is -2.14. The average Bonchev–Trinajstić information content (AvgIpc) is 2.84. The lowest BCUT2D eigenvalue weighted by molar-refractivity contribution is 0.0516.